The van der Waals surface area contributed by atoms with Crippen LogP contribution in [-0.2, 0) is 62.1 Å². The van der Waals surface area contributed by atoms with E-state index in [0.29, 0.717) is 25.2 Å². The van der Waals surface area contributed by atoms with Crippen molar-refractivity contribution >= 4 is 34.0 Å². The Bertz CT molecular complexity index is 2280. The molecule has 442 valence electrons. The van der Waals surface area contributed by atoms with Crippen molar-refractivity contribution in [1.29, 1.82) is 0 Å². The van der Waals surface area contributed by atoms with E-state index in [-0.39, 0.29) is 5.56 Å². The Hall–Kier alpha value is -4.31. The number of benzene rings is 1. The molecule has 0 radical (unpaired) electrons. The monoisotopic (exact) mass is 1140 g/mol. The molecule has 78 heavy (non-hydrogen) atoms. The first-order valence-corrected chi connectivity index (χ1v) is 26.8. The molecule has 4 fully saturated rings. The number of nitrogens with one attached hydrogen (secondary N) is 4. The lowest BCUT2D eigenvalue weighted by Gasteiger charge is -2.51. The molecule has 1 aromatic rings. The number of unbranched alkanes of at least 4 members (excludes halogenated alkanes) is 5. The molecule has 4 aliphatic rings. The topological polar surface area (TPSA) is 439 Å². The van der Waals surface area contributed by atoms with Crippen LogP contribution in [0.4, 0.5) is 0 Å². The lowest BCUT2D eigenvalue weighted by Crippen LogP contribution is -2.71. The van der Waals surface area contributed by atoms with Gasteiger partial charge >= 0.3 is 0 Å². The van der Waals surface area contributed by atoms with Crippen LogP contribution in [0.25, 0.3) is 0 Å². The largest absolute Gasteiger partial charge is 0.726 e. The zero-order valence-corrected chi connectivity index (χ0v) is 44.1. The van der Waals surface area contributed by atoms with Crippen molar-refractivity contribution in [2.45, 2.75) is 195 Å². The normalized spacial score (nSPS) is 35.1. The predicted molar refractivity (Wildman–Crippen MR) is 260 cm³/mol. The van der Waals surface area contributed by atoms with Gasteiger partial charge in [0.25, 0.3) is 5.91 Å². The van der Waals surface area contributed by atoms with Crippen molar-refractivity contribution in [2.24, 2.45) is 0 Å². The average molecular weight is 1140 g/mol. The Balaban J connectivity index is 1.35. The highest BCUT2D eigenvalue weighted by Gasteiger charge is 2.56. The zero-order valence-electron chi connectivity index (χ0n) is 43.3. The third-order valence-electron chi connectivity index (χ3n) is 13.0. The molecule has 0 bridgehead atoms. The van der Waals surface area contributed by atoms with E-state index in [9.17, 15) is 78.1 Å². The molecule has 4 saturated heterocycles. The highest BCUT2D eigenvalue weighted by Crippen LogP contribution is 2.35. The molecule has 0 aliphatic carbocycles. The summed E-state index contributed by atoms with van der Waals surface area (Å²) in [6, 6.07) is -0.788. The summed E-state index contributed by atoms with van der Waals surface area (Å²) in [4.78, 5) is 51.1. The van der Waals surface area contributed by atoms with Gasteiger partial charge in [-0.25, -0.2) is 8.42 Å². The third-order valence-corrected chi connectivity index (χ3v) is 13.5. The maximum atomic E-state index is 13.8. The van der Waals surface area contributed by atoms with Crippen LogP contribution in [0.3, 0.4) is 0 Å². The zero-order chi connectivity index (χ0) is 57.4. The van der Waals surface area contributed by atoms with Gasteiger partial charge in [0.15, 0.2) is 25.2 Å². The Labute approximate surface area is 450 Å². The summed E-state index contributed by atoms with van der Waals surface area (Å²) in [7, 11) is -5.41. The van der Waals surface area contributed by atoms with E-state index in [0.717, 1.165) is 46.5 Å². The van der Waals surface area contributed by atoms with Gasteiger partial charge in [0.1, 0.15) is 103 Å². The quantitative estimate of drug-likeness (QED) is 0.0188. The van der Waals surface area contributed by atoms with Gasteiger partial charge in [-0.2, -0.15) is 0 Å². The van der Waals surface area contributed by atoms with Crippen LogP contribution < -0.4 is 26.0 Å². The average Bonchev–Trinajstić information content (AvgIpc) is 3.47. The summed E-state index contributed by atoms with van der Waals surface area (Å²) >= 11 is 0. The van der Waals surface area contributed by atoms with Gasteiger partial charge < -0.3 is 110 Å². The van der Waals surface area contributed by atoms with E-state index in [1.54, 1.807) is 12.1 Å². The Morgan fingerprint density at radius 1 is 0.603 bits per heavy atom. The molecule has 1 aromatic carbocycles. The van der Waals surface area contributed by atoms with Crippen molar-refractivity contribution in [1.82, 2.24) is 21.3 Å². The summed E-state index contributed by atoms with van der Waals surface area (Å²) in [5.74, 6) is 3.36. The maximum absolute atomic E-state index is 13.8. The molecule has 5 rings (SSSR count). The van der Waals surface area contributed by atoms with Gasteiger partial charge in [0.2, 0.25) is 28.1 Å². The van der Waals surface area contributed by atoms with Gasteiger partial charge in [-0.05, 0) is 31.0 Å². The fraction of sp³-hybridized carbons (Fsp3) is 0.750. The van der Waals surface area contributed by atoms with Gasteiger partial charge in [-0.1, -0.05) is 32.3 Å². The summed E-state index contributed by atoms with van der Waals surface area (Å²) < 4.78 is 85.6. The Morgan fingerprint density at radius 3 is 1.58 bits per heavy atom. The van der Waals surface area contributed by atoms with Gasteiger partial charge in [0.05, 0.1) is 33.0 Å². The van der Waals surface area contributed by atoms with Crippen LogP contribution in [0.5, 0.6) is 5.75 Å². The summed E-state index contributed by atoms with van der Waals surface area (Å²) in [6.45, 7) is 1.41. The molecule has 8 unspecified atom stereocenters. The molecule has 20 atom stereocenters. The van der Waals surface area contributed by atoms with Gasteiger partial charge in [-0.3, -0.25) is 23.4 Å². The molecule has 0 aromatic heterocycles. The molecule has 29 nitrogen and oxygen atoms in total. The van der Waals surface area contributed by atoms with E-state index in [4.69, 9.17) is 37.9 Å². The van der Waals surface area contributed by atoms with Crippen LogP contribution in [0, 0.1) is 11.8 Å². The van der Waals surface area contributed by atoms with E-state index in [1.165, 1.54) is 18.6 Å². The molecule has 13 N–H and O–H groups in total. The van der Waals surface area contributed by atoms with Crippen LogP contribution in [0.2, 0.25) is 0 Å². The number of aliphatic hydroxyl groups is 9. The van der Waals surface area contributed by atoms with Crippen LogP contribution in [-0.4, -0.2) is 238 Å². The number of hydrogen-bond acceptors (Lipinski definition) is 25. The lowest BCUT2D eigenvalue weighted by molar-refractivity contribution is -0.361. The number of carbonyl (C=O) groups excluding carboxylic acids is 4. The standard InChI is InChI=1S/C48H74N4O25S/c1-5-6-7-8-9-10-11-12-13-17-69-27-16-14-15-26(18-27)44(64)52-33-37(60)36(59)28(19-53)72-46(33)75-41-29(20-54)73-47(34(39(41)62)50-24(3)57)76-42-30(21-55)74-48(35(40(42)63)51-25(4)58)77-43-31(22-70-78(66,67)68)71-45(65)32(38(43)61)49-23(2)56/h14-16,18,28-43,45-48,53-55,59-63,65H,5-9,12-13,17,19-22H2,1-4H3,(H,49,56)(H,50,57)(H,51,58)(H,52,64)(H,66,67,68)/p-1/t28?,29-,30?,31-,32?,33?,34?,35?,36+,37+,38?,39?,40+,41+,42+,43+,45+,46-,47-,48-/m0/s1. The number of hydrogen-bond donors (Lipinski definition) is 13. The van der Waals surface area contributed by atoms with E-state index >= 15 is 0 Å². The highest BCUT2D eigenvalue weighted by atomic mass is 32.3. The third kappa shape index (κ3) is 17.8. The number of ether oxygens (including phenoxy) is 8. The van der Waals surface area contributed by atoms with Crippen LogP contribution in [0.1, 0.15) is 83.0 Å². The summed E-state index contributed by atoms with van der Waals surface area (Å²) in [5.41, 5.74) is 0.0426. The minimum atomic E-state index is -5.41. The molecule has 0 spiro atoms. The second-order valence-electron chi connectivity index (χ2n) is 19.0. The van der Waals surface area contributed by atoms with Crippen molar-refractivity contribution in [2.75, 3.05) is 33.0 Å². The molecular weight excluding hydrogens is 1060 g/mol. The van der Waals surface area contributed by atoms with E-state index in [2.05, 4.69) is 44.2 Å². The first kappa shape index (κ1) is 64.5. The molecular formula is C48H73N4O25S-. The van der Waals surface area contributed by atoms with Crippen LogP contribution >= 0.6 is 0 Å². The smallest absolute Gasteiger partial charge is 0.251 e. The van der Waals surface area contributed by atoms with E-state index < -0.39 is 183 Å². The molecule has 30 heteroatoms. The SMILES string of the molecule is CCCCCCC#CCCCOc1cccc(C(=O)NC2[C@H](O[C@H]3C(O)C(NC(C)=O)[C@H](O[C@@H]4C(CO)O[C@@H](O[C@H]5C(O)C(NC(C)=O)[C@H](O)O[C@H]5COS(=O)(=O)[O-])C(NC(C)=O)[C@H]4O)O[C@H]3CO)OC(CO)[C@@H](O)[C@@H]2O)c1. The maximum Gasteiger partial charge on any atom is 0.251 e. The second-order valence-corrected chi connectivity index (χ2v) is 20.1. The number of aliphatic hydroxyl groups excluding tert-OH is 9. The fourth-order valence-electron chi connectivity index (χ4n) is 9.20. The number of amides is 4. The Morgan fingerprint density at radius 2 is 1.08 bits per heavy atom. The van der Waals surface area contributed by atoms with Crippen molar-refractivity contribution in [3.8, 4) is 17.6 Å². The fourth-order valence-corrected chi connectivity index (χ4v) is 9.50. The lowest BCUT2D eigenvalue weighted by atomic mass is 9.93. The summed E-state index contributed by atoms with van der Waals surface area (Å²) in [6.07, 6.45) is -23.2. The first-order chi connectivity index (χ1) is 37.0. The van der Waals surface area contributed by atoms with E-state index in [1.807, 2.05) is 0 Å². The second kappa shape index (κ2) is 30.5. The minimum absolute atomic E-state index is 0.0426. The summed E-state index contributed by atoms with van der Waals surface area (Å²) in [5, 5.41) is 109. The molecule has 4 aliphatic heterocycles. The van der Waals surface area contributed by atoms with Crippen molar-refractivity contribution in [3.05, 3.63) is 29.8 Å². The van der Waals surface area contributed by atoms with Gasteiger partial charge in [-0.15, -0.1) is 11.8 Å². The molecule has 0 saturated carbocycles. The first-order valence-electron chi connectivity index (χ1n) is 25.4. The molecule has 4 heterocycles. The van der Waals surface area contributed by atoms with Crippen molar-refractivity contribution < 1.29 is 120 Å². The number of rotatable bonds is 25. The predicted octanol–water partition coefficient (Wildman–Crippen LogP) is -5.26. The van der Waals surface area contributed by atoms with Gasteiger partial charge in [0, 0.05) is 39.2 Å². The number of carbonyl (C=O) groups is 4. The van der Waals surface area contributed by atoms with Crippen molar-refractivity contribution in [3.63, 3.8) is 0 Å². The Kier molecular flexibility index (Phi) is 25.2. The molecule has 4 amide bonds. The highest BCUT2D eigenvalue weighted by molar-refractivity contribution is 7.80. The van der Waals surface area contributed by atoms with Crippen LogP contribution in [0.15, 0.2) is 24.3 Å². The minimum Gasteiger partial charge on any atom is -0.726 e.